The van der Waals surface area contributed by atoms with Crippen LogP contribution in [0.4, 0.5) is 0 Å². The van der Waals surface area contributed by atoms with E-state index in [1.54, 1.807) is 0 Å². The van der Waals surface area contributed by atoms with Crippen molar-refractivity contribution in [3.8, 4) is 0 Å². The monoisotopic (exact) mass is 1150 g/mol. The van der Waals surface area contributed by atoms with Gasteiger partial charge in [-0.25, -0.2) is 0 Å². The molecule has 0 aromatic carbocycles. The molecule has 0 aliphatic carbocycles. The predicted octanol–water partition coefficient (Wildman–Crippen LogP) is 25.3. The molecule has 0 bridgehead atoms. The lowest BCUT2D eigenvalue weighted by atomic mass is 10.0. The summed E-state index contributed by atoms with van der Waals surface area (Å²) < 4.78 is 17.0. The first-order valence-corrected chi connectivity index (χ1v) is 36.6. The van der Waals surface area contributed by atoms with E-state index in [1.165, 1.54) is 289 Å². The minimum Gasteiger partial charge on any atom is -0.462 e. The van der Waals surface area contributed by atoms with Gasteiger partial charge < -0.3 is 14.2 Å². The van der Waals surface area contributed by atoms with E-state index in [-0.39, 0.29) is 31.1 Å². The second-order valence-corrected chi connectivity index (χ2v) is 24.9. The summed E-state index contributed by atoms with van der Waals surface area (Å²) in [7, 11) is 0. The molecule has 0 saturated carbocycles. The summed E-state index contributed by atoms with van der Waals surface area (Å²) in [5.41, 5.74) is 0. The lowest BCUT2D eigenvalue weighted by Gasteiger charge is -2.18. The van der Waals surface area contributed by atoms with Crippen LogP contribution in [0.1, 0.15) is 400 Å². The minimum absolute atomic E-state index is 0.0689. The number of allylic oxidation sites excluding steroid dienone is 8. The van der Waals surface area contributed by atoms with Crippen LogP contribution in [-0.2, 0) is 28.6 Å². The van der Waals surface area contributed by atoms with Crippen LogP contribution in [0.2, 0.25) is 0 Å². The highest BCUT2D eigenvalue weighted by Gasteiger charge is 2.19. The Morgan fingerprint density at radius 3 is 0.695 bits per heavy atom. The summed E-state index contributed by atoms with van der Waals surface area (Å²) in [4.78, 5) is 38.4. The maximum Gasteiger partial charge on any atom is 0.306 e. The van der Waals surface area contributed by atoms with Gasteiger partial charge in [0.1, 0.15) is 13.2 Å². The van der Waals surface area contributed by atoms with Gasteiger partial charge in [0, 0.05) is 19.3 Å². The van der Waals surface area contributed by atoms with Gasteiger partial charge in [-0.2, -0.15) is 0 Å². The van der Waals surface area contributed by atoms with E-state index in [4.69, 9.17) is 14.2 Å². The summed E-state index contributed by atoms with van der Waals surface area (Å²) in [6.45, 7) is 6.66. The molecule has 0 amide bonds. The number of carbonyl (C=O) groups excluding carboxylic acids is 3. The summed E-state index contributed by atoms with van der Waals surface area (Å²) in [5, 5.41) is 0. The molecule has 0 N–H and O–H groups in total. The van der Waals surface area contributed by atoms with Gasteiger partial charge in [0.15, 0.2) is 6.10 Å². The van der Waals surface area contributed by atoms with Gasteiger partial charge in [-0.3, -0.25) is 14.4 Å². The Morgan fingerprint density at radius 2 is 0.439 bits per heavy atom. The number of carbonyl (C=O) groups is 3. The molecular weight excluding hydrogens is 1010 g/mol. The quantitative estimate of drug-likeness (QED) is 0.0261. The third-order valence-electron chi connectivity index (χ3n) is 16.6. The zero-order valence-corrected chi connectivity index (χ0v) is 55.3. The molecule has 0 aliphatic rings. The summed E-state index contributed by atoms with van der Waals surface area (Å²) in [6, 6.07) is 0. The Labute approximate surface area is 511 Å². The first kappa shape index (κ1) is 79.4. The van der Waals surface area contributed by atoms with Crippen molar-refractivity contribution >= 4 is 17.9 Å². The molecule has 0 aliphatic heterocycles. The molecule has 0 fully saturated rings. The number of hydrogen-bond acceptors (Lipinski definition) is 6. The van der Waals surface area contributed by atoms with Crippen LogP contribution in [0.15, 0.2) is 48.6 Å². The van der Waals surface area contributed by atoms with Crippen LogP contribution in [0.5, 0.6) is 0 Å². The predicted molar refractivity (Wildman–Crippen MR) is 358 cm³/mol. The average molecular weight is 1150 g/mol. The van der Waals surface area contributed by atoms with E-state index < -0.39 is 6.10 Å². The normalized spacial score (nSPS) is 12.3. The van der Waals surface area contributed by atoms with Crippen molar-refractivity contribution in [1.29, 1.82) is 0 Å². The minimum atomic E-state index is -0.772. The summed E-state index contributed by atoms with van der Waals surface area (Å²) in [6.07, 6.45) is 90.1. The fourth-order valence-electron chi connectivity index (χ4n) is 11.0. The fourth-order valence-corrected chi connectivity index (χ4v) is 11.0. The van der Waals surface area contributed by atoms with E-state index >= 15 is 0 Å². The number of rotatable bonds is 68. The van der Waals surface area contributed by atoms with Gasteiger partial charge in [0.2, 0.25) is 0 Å². The van der Waals surface area contributed by atoms with Crippen LogP contribution in [0, 0.1) is 0 Å². The van der Waals surface area contributed by atoms with Gasteiger partial charge >= 0.3 is 17.9 Å². The van der Waals surface area contributed by atoms with Crippen molar-refractivity contribution in [3.63, 3.8) is 0 Å². The molecule has 0 rings (SSSR count). The zero-order valence-electron chi connectivity index (χ0n) is 55.3. The molecule has 480 valence electrons. The van der Waals surface area contributed by atoms with Crippen LogP contribution in [0.3, 0.4) is 0 Å². The highest BCUT2D eigenvalue weighted by atomic mass is 16.6. The largest absolute Gasteiger partial charge is 0.462 e. The van der Waals surface area contributed by atoms with Crippen molar-refractivity contribution in [2.75, 3.05) is 13.2 Å². The zero-order chi connectivity index (χ0) is 59.2. The highest BCUT2D eigenvalue weighted by molar-refractivity contribution is 5.71. The van der Waals surface area contributed by atoms with Crippen molar-refractivity contribution in [3.05, 3.63) is 48.6 Å². The smallest absolute Gasteiger partial charge is 0.306 e. The molecule has 0 spiro atoms. The third-order valence-corrected chi connectivity index (χ3v) is 16.6. The fraction of sp³-hybridized carbons (Fsp3) is 0.855. The molecule has 0 saturated heterocycles. The van der Waals surface area contributed by atoms with E-state index in [1.807, 2.05) is 0 Å². The van der Waals surface area contributed by atoms with E-state index in [0.717, 1.165) is 70.6 Å². The average Bonchev–Trinajstić information content (AvgIpc) is 3.47. The third kappa shape index (κ3) is 68.2. The molecule has 0 aromatic heterocycles. The first-order valence-electron chi connectivity index (χ1n) is 36.6. The number of hydrogen-bond donors (Lipinski definition) is 0. The molecule has 0 radical (unpaired) electrons. The van der Waals surface area contributed by atoms with Gasteiger partial charge in [0.25, 0.3) is 0 Å². The van der Waals surface area contributed by atoms with Crippen molar-refractivity contribution < 1.29 is 28.6 Å². The highest BCUT2D eigenvalue weighted by Crippen LogP contribution is 2.19. The molecular formula is C76H140O6. The van der Waals surface area contributed by atoms with Gasteiger partial charge in [0.05, 0.1) is 0 Å². The molecule has 6 nitrogen and oxygen atoms in total. The molecule has 0 aromatic rings. The van der Waals surface area contributed by atoms with Crippen LogP contribution in [-0.4, -0.2) is 37.2 Å². The summed E-state index contributed by atoms with van der Waals surface area (Å²) in [5.74, 6) is -0.846. The Morgan fingerprint density at radius 1 is 0.244 bits per heavy atom. The lowest BCUT2D eigenvalue weighted by molar-refractivity contribution is -0.167. The SMILES string of the molecule is CCCCC/C=C\C/C=C\CCCCCCCCCCCC(=O)OC(COC(=O)CCCCCCCCCCCCCC)COC(=O)CCCCCCCCCCCCCCCCCCCCCCC/C=C\C/C=C\CCCCCCC. The van der Waals surface area contributed by atoms with Gasteiger partial charge in [-0.15, -0.1) is 0 Å². The summed E-state index contributed by atoms with van der Waals surface area (Å²) >= 11 is 0. The topological polar surface area (TPSA) is 78.9 Å². The second kappa shape index (κ2) is 70.9. The van der Waals surface area contributed by atoms with E-state index in [2.05, 4.69) is 69.4 Å². The van der Waals surface area contributed by atoms with Gasteiger partial charge in [-0.05, 0) is 83.5 Å². The number of unbranched alkanes of at least 4 members (excludes halogenated alkanes) is 49. The van der Waals surface area contributed by atoms with E-state index in [0.29, 0.717) is 19.3 Å². The Balaban J connectivity index is 4.11. The molecule has 1 unspecified atom stereocenters. The van der Waals surface area contributed by atoms with Crippen molar-refractivity contribution in [2.24, 2.45) is 0 Å². The number of esters is 3. The van der Waals surface area contributed by atoms with Crippen LogP contribution >= 0.6 is 0 Å². The second-order valence-electron chi connectivity index (χ2n) is 24.9. The molecule has 0 heterocycles. The molecule has 82 heavy (non-hydrogen) atoms. The first-order chi connectivity index (χ1) is 40.5. The maximum absolute atomic E-state index is 12.9. The van der Waals surface area contributed by atoms with Crippen molar-refractivity contribution in [1.82, 2.24) is 0 Å². The molecule has 6 heteroatoms. The molecule has 1 atom stereocenters. The Hall–Kier alpha value is -2.63. The standard InChI is InChI=1S/C76H140O6/c1-4-7-10-13-16-19-22-25-27-29-31-32-33-34-35-36-37-38-39-40-41-42-43-44-46-47-49-51-54-57-60-63-66-69-75(78)81-72-73(71-80-74(77)68-65-62-59-56-53-24-21-18-15-12-9-6-3)82-76(79)70-67-64-61-58-55-52-50-48-45-30-28-26-23-20-17-14-11-8-5-2/h17,20,22,25-26,28-29,31,73H,4-16,18-19,21,23-24,27,30,32-72H2,1-3H3/b20-17-,25-22-,28-26-,31-29-. The number of ether oxygens (including phenoxy) is 3. The Kier molecular flexibility index (Phi) is 68.6. The van der Waals surface area contributed by atoms with Crippen LogP contribution in [0.25, 0.3) is 0 Å². The van der Waals surface area contributed by atoms with Gasteiger partial charge in [-0.1, -0.05) is 345 Å². The maximum atomic E-state index is 12.9. The van der Waals surface area contributed by atoms with Crippen LogP contribution < -0.4 is 0 Å². The van der Waals surface area contributed by atoms with E-state index in [9.17, 15) is 14.4 Å². The van der Waals surface area contributed by atoms with Crippen molar-refractivity contribution in [2.45, 2.75) is 406 Å². The lowest BCUT2D eigenvalue weighted by Crippen LogP contribution is -2.30. The Bertz CT molecular complexity index is 1410.